The van der Waals surface area contributed by atoms with Crippen molar-refractivity contribution < 1.29 is 9.59 Å². The van der Waals surface area contributed by atoms with Gasteiger partial charge in [0, 0.05) is 17.7 Å². The van der Waals surface area contributed by atoms with Gasteiger partial charge in [-0.25, -0.2) is 0 Å². The van der Waals surface area contributed by atoms with E-state index in [1.54, 1.807) is 60.7 Å². The first-order valence-corrected chi connectivity index (χ1v) is 6.28. The molecule has 0 atom stereocenters. The maximum atomic E-state index is 12.5. The van der Waals surface area contributed by atoms with Gasteiger partial charge in [-0.2, -0.15) is 0 Å². The Hall–Kier alpha value is -2.30. The summed E-state index contributed by atoms with van der Waals surface area (Å²) in [6.07, 6.45) is 0. The maximum Gasteiger partial charge on any atom is 0.191 e. The molecule has 0 aliphatic rings. The molecule has 102 valence electrons. The van der Waals surface area contributed by atoms with Crippen LogP contribution >= 0.6 is 0 Å². The minimum Gasteiger partial charge on any atom is -0.328 e. The Balaban J connectivity index is 2.39. The quantitative estimate of drug-likeness (QED) is 0.634. The number of ketones is 2. The zero-order valence-electron chi connectivity index (χ0n) is 11.0. The molecule has 0 heterocycles. The predicted octanol–water partition coefficient (Wildman–Crippen LogP) is 1.41. The van der Waals surface area contributed by atoms with Crippen molar-refractivity contribution in [2.75, 3.05) is 6.54 Å². The lowest BCUT2D eigenvalue weighted by atomic mass is 9.83. The highest BCUT2D eigenvalue weighted by Gasteiger charge is 2.41. The number of nitrogens with two attached hydrogens (primary N) is 2. The number of carbonyl (C=O) groups is 2. The number of hydrogen-bond acceptors (Lipinski definition) is 4. The van der Waals surface area contributed by atoms with Crippen molar-refractivity contribution in [3.05, 3.63) is 71.8 Å². The summed E-state index contributed by atoms with van der Waals surface area (Å²) in [6, 6.07) is 16.9. The van der Waals surface area contributed by atoms with Crippen LogP contribution in [0, 0.1) is 0 Å². The smallest absolute Gasteiger partial charge is 0.191 e. The molecule has 2 aromatic carbocycles. The number of Topliss-reactive ketones (excluding diaryl/α,β-unsaturated/α-hetero) is 2. The van der Waals surface area contributed by atoms with E-state index in [9.17, 15) is 9.59 Å². The molecular formula is C16H16N2O2. The lowest BCUT2D eigenvalue weighted by Gasteiger charge is -2.25. The van der Waals surface area contributed by atoms with Crippen molar-refractivity contribution in [1.29, 1.82) is 0 Å². The van der Waals surface area contributed by atoms with Crippen molar-refractivity contribution in [3.8, 4) is 0 Å². The Morgan fingerprint density at radius 2 is 1.15 bits per heavy atom. The molecule has 0 unspecified atom stereocenters. The lowest BCUT2D eigenvalue weighted by Crippen LogP contribution is -2.60. The second-order valence-corrected chi connectivity index (χ2v) is 4.57. The number of hydrogen-bond donors (Lipinski definition) is 2. The molecule has 0 bridgehead atoms. The fourth-order valence-corrected chi connectivity index (χ4v) is 1.98. The van der Waals surface area contributed by atoms with E-state index in [1.165, 1.54) is 0 Å². The van der Waals surface area contributed by atoms with E-state index in [0.29, 0.717) is 11.1 Å². The van der Waals surface area contributed by atoms with Gasteiger partial charge in [0.05, 0.1) is 0 Å². The summed E-state index contributed by atoms with van der Waals surface area (Å²) in [5.74, 6) is -0.927. The van der Waals surface area contributed by atoms with Crippen LogP contribution in [-0.4, -0.2) is 23.7 Å². The van der Waals surface area contributed by atoms with Crippen LogP contribution in [0.25, 0.3) is 0 Å². The normalized spacial score (nSPS) is 11.1. The van der Waals surface area contributed by atoms with E-state index in [0.717, 1.165) is 0 Å². The monoisotopic (exact) mass is 268 g/mol. The highest BCUT2D eigenvalue weighted by Crippen LogP contribution is 2.16. The van der Waals surface area contributed by atoms with Crippen LogP contribution in [0.5, 0.6) is 0 Å². The van der Waals surface area contributed by atoms with Gasteiger partial charge in [-0.3, -0.25) is 9.59 Å². The predicted molar refractivity (Wildman–Crippen MR) is 77.5 cm³/mol. The average molecular weight is 268 g/mol. The molecule has 2 aromatic rings. The number of benzene rings is 2. The summed E-state index contributed by atoms with van der Waals surface area (Å²) in [6.45, 7) is -0.242. The molecule has 0 radical (unpaired) electrons. The Kier molecular flexibility index (Phi) is 4.08. The summed E-state index contributed by atoms with van der Waals surface area (Å²) < 4.78 is 0. The van der Waals surface area contributed by atoms with Gasteiger partial charge in [-0.15, -0.1) is 0 Å². The first-order chi connectivity index (χ1) is 9.59. The van der Waals surface area contributed by atoms with Gasteiger partial charge in [0.1, 0.15) is 0 Å². The molecule has 4 heteroatoms. The van der Waals surface area contributed by atoms with E-state index < -0.39 is 17.1 Å². The molecule has 0 saturated carbocycles. The van der Waals surface area contributed by atoms with Crippen LogP contribution in [0.2, 0.25) is 0 Å². The molecule has 0 saturated heterocycles. The van der Waals surface area contributed by atoms with E-state index in [2.05, 4.69) is 0 Å². The zero-order chi connectivity index (χ0) is 14.6. The van der Waals surface area contributed by atoms with Gasteiger partial charge in [-0.05, 0) is 0 Å². The van der Waals surface area contributed by atoms with Crippen LogP contribution in [0.1, 0.15) is 20.7 Å². The second kappa shape index (κ2) is 5.77. The van der Waals surface area contributed by atoms with Crippen LogP contribution < -0.4 is 11.5 Å². The average Bonchev–Trinajstić information content (AvgIpc) is 2.54. The molecule has 4 nitrogen and oxygen atoms in total. The molecule has 0 spiro atoms. The van der Waals surface area contributed by atoms with Gasteiger partial charge in [-0.1, -0.05) is 60.7 Å². The molecule has 0 fully saturated rings. The first-order valence-electron chi connectivity index (χ1n) is 6.28. The summed E-state index contributed by atoms with van der Waals surface area (Å²) in [7, 11) is 0. The van der Waals surface area contributed by atoms with Crippen LogP contribution in [-0.2, 0) is 0 Å². The van der Waals surface area contributed by atoms with Gasteiger partial charge in [0.15, 0.2) is 17.1 Å². The fraction of sp³-hybridized carbons (Fsp3) is 0.125. The van der Waals surface area contributed by atoms with E-state index in [1.807, 2.05) is 0 Å². The highest BCUT2D eigenvalue weighted by atomic mass is 16.2. The maximum absolute atomic E-state index is 12.5. The SMILES string of the molecule is NCC(N)(C(=O)c1ccccc1)C(=O)c1ccccc1. The standard InChI is InChI=1S/C16H16N2O2/c17-11-16(18,14(19)12-7-3-1-4-8-12)15(20)13-9-5-2-6-10-13/h1-10H,11,17-18H2. The molecule has 4 N–H and O–H groups in total. The highest BCUT2D eigenvalue weighted by molar-refractivity contribution is 6.23. The molecule has 0 aliphatic heterocycles. The largest absolute Gasteiger partial charge is 0.328 e. The minimum atomic E-state index is -1.73. The van der Waals surface area contributed by atoms with Gasteiger partial charge in [0.2, 0.25) is 0 Å². The van der Waals surface area contributed by atoms with Crippen LogP contribution in [0.4, 0.5) is 0 Å². The summed E-state index contributed by atoms with van der Waals surface area (Å²) >= 11 is 0. The van der Waals surface area contributed by atoms with Crippen molar-refractivity contribution >= 4 is 11.6 Å². The Bertz CT molecular complexity index is 557. The van der Waals surface area contributed by atoms with Crippen LogP contribution in [0.15, 0.2) is 60.7 Å². The third-order valence-corrected chi connectivity index (χ3v) is 3.20. The van der Waals surface area contributed by atoms with Crippen molar-refractivity contribution in [3.63, 3.8) is 0 Å². The van der Waals surface area contributed by atoms with Gasteiger partial charge >= 0.3 is 0 Å². The lowest BCUT2D eigenvalue weighted by molar-refractivity contribution is 0.0775. The summed E-state index contributed by atoms with van der Waals surface area (Å²) in [5, 5.41) is 0. The third-order valence-electron chi connectivity index (χ3n) is 3.20. The van der Waals surface area contributed by atoms with E-state index >= 15 is 0 Å². The van der Waals surface area contributed by atoms with Gasteiger partial charge in [0.25, 0.3) is 0 Å². The topological polar surface area (TPSA) is 86.2 Å². The second-order valence-electron chi connectivity index (χ2n) is 4.57. The molecular weight excluding hydrogens is 252 g/mol. The molecule has 0 aromatic heterocycles. The Morgan fingerprint density at radius 3 is 1.45 bits per heavy atom. The molecule has 0 amide bonds. The van der Waals surface area contributed by atoms with Crippen molar-refractivity contribution in [2.45, 2.75) is 5.54 Å². The number of carbonyl (C=O) groups excluding carboxylic acids is 2. The summed E-state index contributed by atoms with van der Waals surface area (Å²) in [5.41, 5.74) is 10.7. The Morgan fingerprint density at radius 1 is 0.800 bits per heavy atom. The molecule has 0 aliphatic carbocycles. The summed E-state index contributed by atoms with van der Waals surface area (Å²) in [4.78, 5) is 25.0. The first kappa shape index (κ1) is 14.1. The van der Waals surface area contributed by atoms with Crippen molar-refractivity contribution in [1.82, 2.24) is 0 Å². The number of rotatable bonds is 5. The van der Waals surface area contributed by atoms with Gasteiger partial charge < -0.3 is 11.5 Å². The molecule has 2 rings (SSSR count). The van der Waals surface area contributed by atoms with E-state index in [-0.39, 0.29) is 6.54 Å². The zero-order valence-corrected chi connectivity index (χ0v) is 11.0. The fourth-order valence-electron chi connectivity index (χ4n) is 1.98. The minimum absolute atomic E-state index is 0.242. The Labute approximate surface area is 117 Å². The third kappa shape index (κ3) is 2.52. The van der Waals surface area contributed by atoms with Crippen molar-refractivity contribution in [2.24, 2.45) is 11.5 Å². The van der Waals surface area contributed by atoms with E-state index in [4.69, 9.17) is 11.5 Å². The van der Waals surface area contributed by atoms with Crippen LogP contribution in [0.3, 0.4) is 0 Å². The molecule has 20 heavy (non-hydrogen) atoms.